The maximum Gasteiger partial charge on any atom is 0.337 e. The molecule has 0 aliphatic heterocycles. The highest BCUT2D eigenvalue weighted by Gasteiger charge is 2.06. The maximum atomic E-state index is 10.7. The third-order valence-electron chi connectivity index (χ3n) is 2.38. The number of aromatic nitrogens is 1. The van der Waals surface area contributed by atoms with Crippen LogP contribution in [0.2, 0.25) is 0 Å². The highest BCUT2D eigenvalue weighted by atomic mass is 79.9. The highest BCUT2D eigenvalue weighted by molar-refractivity contribution is 9.10. The lowest BCUT2D eigenvalue weighted by molar-refractivity contribution is 0.0696. The van der Waals surface area contributed by atoms with Gasteiger partial charge in [0, 0.05) is 10.7 Å². The zero-order valence-corrected chi connectivity index (χ0v) is 11.2. The molecule has 0 aliphatic carbocycles. The van der Waals surface area contributed by atoms with Gasteiger partial charge in [0.25, 0.3) is 0 Å². The lowest BCUT2D eigenvalue weighted by atomic mass is 10.2. The van der Waals surface area contributed by atoms with E-state index in [1.54, 1.807) is 24.3 Å². The molecule has 0 bridgehead atoms. The Balaban J connectivity index is 2.28. The van der Waals surface area contributed by atoms with Gasteiger partial charge in [-0.15, -0.1) is 0 Å². The summed E-state index contributed by atoms with van der Waals surface area (Å²) in [7, 11) is 0. The number of nitrogens with zero attached hydrogens (tertiary/aromatic N) is 2. The monoisotopic (exact) mass is 317 g/mol. The Labute approximate surface area is 117 Å². The van der Waals surface area contributed by atoms with E-state index in [0.29, 0.717) is 17.1 Å². The third kappa shape index (κ3) is 3.09. The first-order valence-corrected chi connectivity index (χ1v) is 6.05. The molecule has 0 aliphatic rings. The summed E-state index contributed by atoms with van der Waals surface area (Å²) in [6.45, 7) is 0. The fourth-order valence-electron chi connectivity index (χ4n) is 1.45. The fraction of sp³-hybridized carbons (Fsp3) is 0. The molecule has 0 unspecified atom stereocenters. The van der Waals surface area contributed by atoms with Gasteiger partial charge in [0.1, 0.15) is 11.9 Å². The number of hydrogen-bond acceptors (Lipinski definition) is 4. The van der Waals surface area contributed by atoms with Crippen LogP contribution in [0.4, 0.5) is 11.5 Å². The predicted octanol–water partition coefficient (Wildman–Crippen LogP) is 3.16. The van der Waals surface area contributed by atoms with E-state index in [1.807, 2.05) is 0 Å². The Morgan fingerprint density at radius 2 is 2.16 bits per heavy atom. The Morgan fingerprint density at radius 1 is 1.37 bits per heavy atom. The van der Waals surface area contributed by atoms with Crippen LogP contribution in [0.25, 0.3) is 0 Å². The fourth-order valence-corrected chi connectivity index (χ4v) is 1.81. The number of halogens is 1. The van der Waals surface area contributed by atoms with E-state index >= 15 is 0 Å². The number of carboxylic acid groups (broad SMARTS) is 1. The topological polar surface area (TPSA) is 86.0 Å². The first-order valence-electron chi connectivity index (χ1n) is 5.26. The summed E-state index contributed by atoms with van der Waals surface area (Å²) in [5, 5.41) is 20.7. The van der Waals surface area contributed by atoms with Crippen LogP contribution < -0.4 is 5.32 Å². The lowest BCUT2D eigenvalue weighted by Crippen LogP contribution is -2.00. The number of rotatable bonds is 3. The van der Waals surface area contributed by atoms with E-state index < -0.39 is 5.97 Å². The molecule has 0 radical (unpaired) electrons. The molecule has 0 amide bonds. The molecule has 1 aromatic carbocycles. The smallest absolute Gasteiger partial charge is 0.337 e. The van der Waals surface area contributed by atoms with Crippen LogP contribution in [0.3, 0.4) is 0 Å². The lowest BCUT2D eigenvalue weighted by Gasteiger charge is -2.08. The van der Waals surface area contributed by atoms with Gasteiger partial charge >= 0.3 is 5.97 Å². The third-order valence-corrected chi connectivity index (χ3v) is 2.87. The van der Waals surface area contributed by atoms with Crippen molar-refractivity contribution < 1.29 is 9.90 Å². The standard InChI is InChI=1S/C13H8BrN3O2/c14-10-3-1-8(6-15)11(5-10)17-12-4-2-9(7-16-12)13(18)19/h1-5,7H,(H,16,17)(H,18,19). The van der Waals surface area contributed by atoms with Crippen LogP contribution in [-0.4, -0.2) is 16.1 Å². The van der Waals surface area contributed by atoms with Crippen molar-refractivity contribution in [2.45, 2.75) is 0 Å². The Morgan fingerprint density at radius 3 is 2.74 bits per heavy atom. The first kappa shape index (κ1) is 13.1. The summed E-state index contributed by atoms with van der Waals surface area (Å²) < 4.78 is 0.830. The molecular weight excluding hydrogens is 310 g/mol. The zero-order valence-electron chi connectivity index (χ0n) is 9.59. The summed E-state index contributed by atoms with van der Waals surface area (Å²) in [5.74, 6) is -0.557. The molecule has 0 saturated carbocycles. The van der Waals surface area contributed by atoms with Crippen LogP contribution in [0.15, 0.2) is 41.0 Å². The normalized spacial score (nSPS) is 9.68. The SMILES string of the molecule is N#Cc1ccc(Br)cc1Nc1ccc(C(=O)O)cn1. The van der Waals surface area contributed by atoms with Gasteiger partial charge < -0.3 is 10.4 Å². The number of benzene rings is 1. The Hall–Kier alpha value is -2.39. The molecule has 1 heterocycles. The molecule has 0 spiro atoms. The maximum absolute atomic E-state index is 10.7. The van der Waals surface area contributed by atoms with Gasteiger partial charge in [-0.25, -0.2) is 9.78 Å². The summed E-state index contributed by atoms with van der Waals surface area (Å²) in [5.41, 5.74) is 1.19. The molecule has 0 atom stereocenters. The van der Waals surface area contributed by atoms with Crippen LogP contribution >= 0.6 is 15.9 Å². The van der Waals surface area contributed by atoms with Gasteiger partial charge in [-0.1, -0.05) is 15.9 Å². The molecule has 0 fully saturated rings. The van der Waals surface area contributed by atoms with Crippen molar-refractivity contribution in [1.82, 2.24) is 4.98 Å². The summed E-state index contributed by atoms with van der Waals surface area (Å²) >= 11 is 3.32. The predicted molar refractivity (Wildman–Crippen MR) is 73.3 cm³/mol. The van der Waals surface area contributed by atoms with E-state index in [1.165, 1.54) is 12.3 Å². The van der Waals surface area contributed by atoms with Crippen LogP contribution in [-0.2, 0) is 0 Å². The number of anilines is 2. The van der Waals surface area contributed by atoms with E-state index in [2.05, 4.69) is 32.3 Å². The number of carbonyl (C=O) groups is 1. The van der Waals surface area contributed by atoms with Gasteiger partial charge in [-0.05, 0) is 30.3 Å². The van der Waals surface area contributed by atoms with Crippen molar-refractivity contribution in [2.75, 3.05) is 5.32 Å². The summed E-state index contributed by atoms with van der Waals surface area (Å²) in [6, 6.07) is 10.3. The zero-order chi connectivity index (χ0) is 13.8. The van der Waals surface area contributed by atoms with Gasteiger partial charge in [-0.3, -0.25) is 0 Å². The van der Waals surface area contributed by atoms with Crippen molar-refractivity contribution >= 4 is 33.4 Å². The second-order valence-corrected chi connectivity index (χ2v) is 4.58. The number of nitrogens with one attached hydrogen (secondary N) is 1. The minimum atomic E-state index is -1.03. The molecule has 2 rings (SSSR count). The van der Waals surface area contributed by atoms with Crippen molar-refractivity contribution in [3.8, 4) is 6.07 Å². The van der Waals surface area contributed by atoms with Gasteiger partial charge in [0.05, 0.1) is 16.8 Å². The van der Waals surface area contributed by atoms with Gasteiger partial charge in [0.2, 0.25) is 0 Å². The number of nitriles is 1. The molecule has 5 nitrogen and oxygen atoms in total. The quantitative estimate of drug-likeness (QED) is 0.908. The second-order valence-electron chi connectivity index (χ2n) is 3.66. The Bertz CT molecular complexity index is 663. The molecule has 1 aromatic heterocycles. The van der Waals surface area contributed by atoms with E-state index in [-0.39, 0.29) is 5.56 Å². The van der Waals surface area contributed by atoms with E-state index in [0.717, 1.165) is 4.47 Å². The van der Waals surface area contributed by atoms with Crippen molar-refractivity contribution in [3.63, 3.8) is 0 Å². The number of aromatic carboxylic acids is 1. The Kier molecular flexibility index (Phi) is 3.78. The van der Waals surface area contributed by atoms with Crippen molar-refractivity contribution in [2.24, 2.45) is 0 Å². The molecule has 0 saturated heterocycles. The molecule has 94 valence electrons. The van der Waals surface area contributed by atoms with Crippen LogP contribution in [0.5, 0.6) is 0 Å². The van der Waals surface area contributed by atoms with E-state index in [4.69, 9.17) is 10.4 Å². The minimum Gasteiger partial charge on any atom is -0.478 e. The summed E-state index contributed by atoms with van der Waals surface area (Å²) in [4.78, 5) is 14.7. The van der Waals surface area contributed by atoms with Crippen LogP contribution in [0, 0.1) is 11.3 Å². The van der Waals surface area contributed by atoms with Crippen molar-refractivity contribution in [3.05, 3.63) is 52.1 Å². The number of carboxylic acids is 1. The number of pyridine rings is 1. The molecular formula is C13H8BrN3O2. The molecule has 2 N–H and O–H groups in total. The summed E-state index contributed by atoms with van der Waals surface area (Å²) in [6.07, 6.45) is 1.26. The van der Waals surface area contributed by atoms with Crippen molar-refractivity contribution in [1.29, 1.82) is 5.26 Å². The second kappa shape index (κ2) is 5.50. The molecule has 2 aromatic rings. The average molecular weight is 318 g/mol. The molecule has 6 heteroatoms. The number of hydrogen-bond donors (Lipinski definition) is 2. The van der Waals surface area contributed by atoms with Gasteiger partial charge in [0.15, 0.2) is 0 Å². The van der Waals surface area contributed by atoms with Crippen LogP contribution in [0.1, 0.15) is 15.9 Å². The first-order chi connectivity index (χ1) is 9.10. The largest absolute Gasteiger partial charge is 0.478 e. The highest BCUT2D eigenvalue weighted by Crippen LogP contribution is 2.23. The van der Waals surface area contributed by atoms with Gasteiger partial charge in [-0.2, -0.15) is 5.26 Å². The molecule has 19 heavy (non-hydrogen) atoms. The van der Waals surface area contributed by atoms with E-state index in [9.17, 15) is 4.79 Å². The minimum absolute atomic E-state index is 0.111. The average Bonchev–Trinajstić information content (AvgIpc) is 2.39.